The number of fused-ring (bicyclic) bond motifs is 26. The quantitative estimate of drug-likeness (QED) is 0.154. The smallest absolute Gasteiger partial charge is 0.0159 e. The lowest BCUT2D eigenvalue weighted by atomic mass is 9.80. The molecule has 0 aliphatic heterocycles. The summed E-state index contributed by atoms with van der Waals surface area (Å²) in [7, 11) is 0. The van der Waals surface area contributed by atoms with Crippen LogP contribution < -0.4 is 0 Å². The standard InChI is InChI=1S/2C53H34/c1-53(2)48-29-33(38-25-26-45-39-15-7-8-16-40(39)47-27-32-12-4-6-14-37(32)51(38)52(45)47)21-23-42(48)43-24-22-34(30-49(43)53)46-28-35-20-19-31-11-3-5-13-36(31)50(35)44-18-10-9-17-41(44)46;1-53(2)48-29-33(36-26-27-45-40-15-8-7-14-39(40)44-17-9-16-43(36)51(44)45)21-23-41(48)42-24-22-34(30-49(42)53)47-28-35-19-18-31-10-3-5-12-37(31)50(35)52-38-13-6-4-11-32(38)20-25-46(47)52/h2*3-30H,1-2H3. The molecule has 20 aromatic carbocycles. The van der Waals surface area contributed by atoms with Crippen molar-refractivity contribution >= 4 is 108 Å². The second kappa shape index (κ2) is 21.8. The molecule has 0 heterocycles. The Morgan fingerprint density at radius 1 is 0.142 bits per heavy atom. The monoisotopic (exact) mass is 1340 g/mol. The Morgan fingerprint density at radius 3 is 1.01 bits per heavy atom. The van der Waals surface area contributed by atoms with Crippen molar-refractivity contribution in [2.45, 2.75) is 38.5 Å². The topological polar surface area (TPSA) is 0 Å². The molecule has 20 aromatic rings. The van der Waals surface area contributed by atoms with Crippen LogP contribution in [-0.4, -0.2) is 0 Å². The van der Waals surface area contributed by atoms with Crippen molar-refractivity contribution in [3.63, 3.8) is 0 Å². The van der Waals surface area contributed by atoms with E-state index in [9.17, 15) is 0 Å². The maximum atomic E-state index is 2.49. The van der Waals surface area contributed by atoms with E-state index in [1.54, 1.807) is 0 Å². The average molecular weight is 1340 g/mol. The third-order valence-electron chi connectivity index (χ3n) is 25.1. The van der Waals surface area contributed by atoms with Gasteiger partial charge >= 0.3 is 0 Å². The molecule has 0 spiro atoms. The molecule has 24 rings (SSSR count). The molecule has 492 valence electrons. The van der Waals surface area contributed by atoms with Gasteiger partial charge in [-0.3, -0.25) is 0 Å². The zero-order chi connectivity index (χ0) is 70.0. The van der Waals surface area contributed by atoms with Crippen LogP contribution in [0.4, 0.5) is 0 Å². The summed E-state index contributed by atoms with van der Waals surface area (Å²) >= 11 is 0. The second-order valence-electron chi connectivity index (χ2n) is 31.2. The highest BCUT2D eigenvalue weighted by Crippen LogP contribution is 2.58. The van der Waals surface area contributed by atoms with Gasteiger partial charge in [-0.2, -0.15) is 0 Å². The summed E-state index contributed by atoms with van der Waals surface area (Å²) in [5, 5.41) is 26.3. The molecule has 0 N–H and O–H groups in total. The molecule has 0 saturated carbocycles. The molecular formula is C106H68. The molecule has 0 heteroatoms. The molecule has 0 nitrogen and oxygen atoms in total. The molecule has 0 amide bonds. The molecule has 0 bridgehead atoms. The maximum absolute atomic E-state index is 2.49. The van der Waals surface area contributed by atoms with E-state index in [2.05, 4.69) is 367 Å². The van der Waals surface area contributed by atoms with E-state index in [1.165, 1.54) is 241 Å². The fourth-order valence-electron chi connectivity index (χ4n) is 20.1. The van der Waals surface area contributed by atoms with Gasteiger partial charge in [0.1, 0.15) is 0 Å². The lowest BCUT2D eigenvalue weighted by molar-refractivity contribution is 0.660. The van der Waals surface area contributed by atoms with Crippen LogP contribution in [0.15, 0.2) is 340 Å². The van der Waals surface area contributed by atoms with E-state index >= 15 is 0 Å². The first-order valence-corrected chi connectivity index (χ1v) is 37.5. The van der Waals surface area contributed by atoms with Crippen LogP contribution in [0.25, 0.3) is 219 Å². The van der Waals surface area contributed by atoms with Crippen molar-refractivity contribution in [1.82, 2.24) is 0 Å². The minimum Gasteiger partial charge on any atom is -0.0616 e. The predicted octanol–water partition coefficient (Wildman–Crippen LogP) is 29.5. The van der Waals surface area contributed by atoms with Crippen LogP contribution >= 0.6 is 0 Å². The van der Waals surface area contributed by atoms with E-state index in [0.29, 0.717) is 0 Å². The van der Waals surface area contributed by atoms with Gasteiger partial charge in [0, 0.05) is 10.8 Å². The summed E-state index contributed by atoms with van der Waals surface area (Å²) in [5.41, 5.74) is 31.7. The van der Waals surface area contributed by atoms with Crippen molar-refractivity contribution in [3.8, 4) is 111 Å². The fourth-order valence-corrected chi connectivity index (χ4v) is 20.1. The maximum Gasteiger partial charge on any atom is 0.0159 e. The Morgan fingerprint density at radius 2 is 0.462 bits per heavy atom. The normalized spacial score (nSPS) is 13.6. The van der Waals surface area contributed by atoms with Crippen molar-refractivity contribution in [1.29, 1.82) is 0 Å². The number of benzene rings is 20. The summed E-state index contributed by atoms with van der Waals surface area (Å²) in [6.07, 6.45) is 0. The molecule has 4 aliphatic carbocycles. The number of hydrogen-bond acceptors (Lipinski definition) is 0. The fraction of sp³-hybridized carbons (Fsp3) is 0.0566. The lowest BCUT2D eigenvalue weighted by Gasteiger charge is -2.23. The van der Waals surface area contributed by atoms with Crippen molar-refractivity contribution in [3.05, 3.63) is 362 Å². The summed E-state index contributed by atoms with van der Waals surface area (Å²) in [6.45, 7) is 9.64. The highest BCUT2D eigenvalue weighted by molar-refractivity contribution is 6.31. The first kappa shape index (κ1) is 59.5. The van der Waals surface area contributed by atoms with Crippen LogP contribution in [0.3, 0.4) is 0 Å². The summed E-state index contributed by atoms with van der Waals surface area (Å²) in [6, 6.07) is 128. The number of rotatable bonds is 4. The lowest BCUT2D eigenvalue weighted by Crippen LogP contribution is -2.15. The van der Waals surface area contributed by atoms with Crippen LogP contribution in [0.2, 0.25) is 0 Å². The zero-order valence-corrected chi connectivity index (χ0v) is 59.3. The first-order chi connectivity index (χ1) is 52.1. The van der Waals surface area contributed by atoms with E-state index in [1.807, 2.05) is 0 Å². The van der Waals surface area contributed by atoms with Gasteiger partial charge < -0.3 is 0 Å². The Bertz CT molecular complexity index is 7340. The predicted molar refractivity (Wildman–Crippen MR) is 454 cm³/mol. The van der Waals surface area contributed by atoms with Gasteiger partial charge in [-0.15, -0.1) is 0 Å². The largest absolute Gasteiger partial charge is 0.0616 e. The highest BCUT2D eigenvalue weighted by atomic mass is 14.4. The zero-order valence-electron chi connectivity index (χ0n) is 59.3. The van der Waals surface area contributed by atoms with Gasteiger partial charge in [0.15, 0.2) is 0 Å². The van der Waals surface area contributed by atoms with Gasteiger partial charge in [-0.25, -0.2) is 0 Å². The third kappa shape index (κ3) is 8.24. The first-order valence-electron chi connectivity index (χ1n) is 37.5. The van der Waals surface area contributed by atoms with Crippen molar-refractivity contribution in [2.75, 3.05) is 0 Å². The Kier molecular flexibility index (Phi) is 12.2. The Labute approximate surface area is 615 Å². The highest BCUT2D eigenvalue weighted by Gasteiger charge is 2.39. The minimum atomic E-state index is -0.160. The minimum absolute atomic E-state index is 0.155. The molecule has 0 fully saturated rings. The summed E-state index contributed by atoms with van der Waals surface area (Å²) < 4.78 is 0. The van der Waals surface area contributed by atoms with Crippen molar-refractivity contribution in [2.24, 2.45) is 0 Å². The van der Waals surface area contributed by atoms with E-state index in [4.69, 9.17) is 0 Å². The molecule has 106 heavy (non-hydrogen) atoms. The molecule has 0 radical (unpaired) electrons. The molecule has 0 unspecified atom stereocenters. The number of hydrogen-bond donors (Lipinski definition) is 0. The molecule has 0 aromatic heterocycles. The summed E-state index contributed by atoms with van der Waals surface area (Å²) in [5.74, 6) is 0. The molecule has 0 saturated heterocycles. The van der Waals surface area contributed by atoms with E-state index in [0.717, 1.165) is 0 Å². The van der Waals surface area contributed by atoms with Gasteiger partial charge in [0.2, 0.25) is 0 Å². The summed E-state index contributed by atoms with van der Waals surface area (Å²) in [4.78, 5) is 0. The molecule has 4 aliphatic rings. The van der Waals surface area contributed by atoms with Gasteiger partial charge in [-0.05, 0) is 284 Å². The molecular weight excluding hydrogens is 1270 g/mol. The van der Waals surface area contributed by atoms with Crippen LogP contribution in [0, 0.1) is 0 Å². The average Bonchev–Trinajstić information content (AvgIpc) is 1.45. The third-order valence-corrected chi connectivity index (χ3v) is 25.1. The van der Waals surface area contributed by atoms with Crippen LogP contribution in [-0.2, 0) is 10.8 Å². The van der Waals surface area contributed by atoms with Gasteiger partial charge in [0.05, 0.1) is 0 Å². The van der Waals surface area contributed by atoms with E-state index < -0.39 is 0 Å². The van der Waals surface area contributed by atoms with Crippen LogP contribution in [0.5, 0.6) is 0 Å². The molecule has 0 atom stereocenters. The van der Waals surface area contributed by atoms with Gasteiger partial charge in [-0.1, -0.05) is 325 Å². The van der Waals surface area contributed by atoms with Gasteiger partial charge in [0.25, 0.3) is 0 Å². The van der Waals surface area contributed by atoms with Crippen molar-refractivity contribution < 1.29 is 0 Å². The Hall–Kier alpha value is -13.0. The Balaban J connectivity index is 0.000000129. The van der Waals surface area contributed by atoms with E-state index in [-0.39, 0.29) is 10.8 Å². The second-order valence-corrected chi connectivity index (χ2v) is 31.2. The van der Waals surface area contributed by atoms with Crippen LogP contribution in [0.1, 0.15) is 49.9 Å². The SMILES string of the molecule is CC1(C)c2cc(-c3cc4ccc5ccccc5c4c4ccccc34)ccc2-c2ccc(-c3ccc4c5c(cc6ccccc6c35)-c3ccccc3-4)cc21.CC1(C)c2cc(-c3ccc4c5c(cccc35)-c3ccccc3-4)ccc2-c2ccc(-c3cc4ccc5ccccc5c4c4c3ccc3ccccc34)cc21.